The van der Waals surface area contributed by atoms with Crippen LogP contribution in [0.2, 0.25) is 0 Å². The summed E-state index contributed by atoms with van der Waals surface area (Å²) in [5, 5.41) is 7.91. The summed E-state index contributed by atoms with van der Waals surface area (Å²) in [7, 11) is 0. The second-order valence-electron chi connectivity index (χ2n) is 6.14. The Morgan fingerprint density at radius 3 is 3.00 bits per heavy atom. The van der Waals surface area contributed by atoms with Gasteiger partial charge >= 0.3 is 0 Å². The van der Waals surface area contributed by atoms with E-state index >= 15 is 0 Å². The fraction of sp³-hybridized carbons (Fsp3) is 0.667. The molecular formula is C15H20N2OS. The Hall–Kier alpha value is -0.870. The summed E-state index contributed by atoms with van der Waals surface area (Å²) in [6.45, 7) is 0.952. The largest absolute Gasteiger partial charge is 0.335 e. The maximum Gasteiger partial charge on any atom is 0.227 e. The molecule has 4 unspecified atom stereocenters. The summed E-state index contributed by atoms with van der Waals surface area (Å²) < 4.78 is 0. The maximum absolute atomic E-state index is 12.8. The standard InChI is InChI=1S/C15H20N2OS/c18-15(12-8-11-3-4-13(12)16-11)17-6-1-2-14(17)10-5-7-19-9-10/h5,7,9,11-14,16H,1-4,6,8H2. The van der Waals surface area contributed by atoms with Crippen LogP contribution >= 0.6 is 11.3 Å². The van der Waals surface area contributed by atoms with Gasteiger partial charge in [-0.2, -0.15) is 11.3 Å². The Kier molecular flexibility index (Phi) is 2.88. The molecule has 4 atom stereocenters. The number of hydrogen-bond donors (Lipinski definition) is 1. The maximum atomic E-state index is 12.8. The zero-order chi connectivity index (χ0) is 12.8. The lowest BCUT2D eigenvalue weighted by Gasteiger charge is -2.30. The smallest absolute Gasteiger partial charge is 0.227 e. The van der Waals surface area contributed by atoms with E-state index in [1.807, 2.05) is 0 Å². The molecule has 4 rings (SSSR count). The van der Waals surface area contributed by atoms with Crippen molar-refractivity contribution in [2.24, 2.45) is 5.92 Å². The lowest BCUT2D eigenvalue weighted by Crippen LogP contribution is -2.40. The third-order valence-corrected chi connectivity index (χ3v) is 5.78. The minimum atomic E-state index is 0.248. The number of nitrogens with zero attached hydrogens (tertiary/aromatic N) is 1. The van der Waals surface area contributed by atoms with Crippen molar-refractivity contribution in [3.8, 4) is 0 Å². The molecule has 0 aromatic carbocycles. The van der Waals surface area contributed by atoms with E-state index in [4.69, 9.17) is 0 Å². The van der Waals surface area contributed by atoms with Gasteiger partial charge in [0.05, 0.1) is 12.0 Å². The van der Waals surface area contributed by atoms with Crippen molar-refractivity contribution < 1.29 is 4.79 Å². The number of likely N-dealkylation sites (tertiary alicyclic amines) is 1. The first kappa shape index (κ1) is 11.9. The minimum Gasteiger partial charge on any atom is -0.335 e. The zero-order valence-corrected chi connectivity index (χ0v) is 11.9. The lowest BCUT2D eigenvalue weighted by atomic mass is 9.88. The Balaban J connectivity index is 1.53. The Bertz CT molecular complexity index is 472. The van der Waals surface area contributed by atoms with Crippen molar-refractivity contribution in [1.29, 1.82) is 0 Å². The Morgan fingerprint density at radius 2 is 2.32 bits per heavy atom. The number of amides is 1. The van der Waals surface area contributed by atoms with Gasteiger partial charge in [0, 0.05) is 18.6 Å². The van der Waals surface area contributed by atoms with E-state index in [-0.39, 0.29) is 5.92 Å². The Morgan fingerprint density at radius 1 is 1.37 bits per heavy atom. The van der Waals surface area contributed by atoms with E-state index in [1.54, 1.807) is 11.3 Å². The third-order valence-electron chi connectivity index (χ3n) is 5.08. The summed E-state index contributed by atoms with van der Waals surface area (Å²) in [5.41, 5.74) is 1.34. The average molecular weight is 276 g/mol. The molecule has 0 spiro atoms. The first-order valence-corrected chi connectivity index (χ1v) is 8.36. The molecule has 0 radical (unpaired) electrons. The molecule has 102 valence electrons. The van der Waals surface area contributed by atoms with E-state index in [9.17, 15) is 4.79 Å². The van der Waals surface area contributed by atoms with Gasteiger partial charge < -0.3 is 10.2 Å². The highest BCUT2D eigenvalue weighted by molar-refractivity contribution is 7.07. The molecule has 3 aliphatic heterocycles. The first-order chi connectivity index (χ1) is 9.33. The summed E-state index contributed by atoms with van der Waals surface area (Å²) in [6, 6.07) is 3.60. The van der Waals surface area contributed by atoms with Crippen LogP contribution in [0.5, 0.6) is 0 Å². The molecule has 3 saturated heterocycles. The molecule has 4 heterocycles. The number of carbonyl (C=O) groups excluding carboxylic acids is 1. The van der Waals surface area contributed by atoms with Crippen LogP contribution in [0.15, 0.2) is 16.8 Å². The highest BCUT2D eigenvalue weighted by atomic mass is 32.1. The van der Waals surface area contributed by atoms with Crippen molar-refractivity contribution in [2.45, 2.75) is 50.2 Å². The van der Waals surface area contributed by atoms with Gasteiger partial charge in [0.2, 0.25) is 5.91 Å². The molecule has 0 saturated carbocycles. The van der Waals surface area contributed by atoms with Crippen LogP contribution in [0.4, 0.5) is 0 Å². The van der Waals surface area contributed by atoms with E-state index in [1.165, 1.54) is 18.4 Å². The van der Waals surface area contributed by atoms with Crippen LogP contribution in [-0.2, 0) is 4.79 Å². The number of thiophene rings is 1. The van der Waals surface area contributed by atoms with Crippen molar-refractivity contribution in [3.63, 3.8) is 0 Å². The molecule has 0 aliphatic carbocycles. The quantitative estimate of drug-likeness (QED) is 0.900. The monoisotopic (exact) mass is 276 g/mol. The van der Waals surface area contributed by atoms with E-state index in [0.717, 1.165) is 25.8 Å². The average Bonchev–Trinajstić information content (AvgIpc) is 3.17. The molecule has 1 aromatic heterocycles. The fourth-order valence-electron chi connectivity index (χ4n) is 4.15. The second kappa shape index (κ2) is 4.60. The summed E-state index contributed by atoms with van der Waals surface area (Å²) >= 11 is 1.73. The van der Waals surface area contributed by atoms with Crippen LogP contribution in [0.25, 0.3) is 0 Å². The highest BCUT2D eigenvalue weighted by Gasteiger charge is 2.45. The second-order valence-corrected chi connectivity index (χ2v) is 6.92. The van der Waals surface area contributed by atoms with Gasteiger partial charge in [-0.25, -0.2) is 0 Å². The third kappa shape index (κ3) is 1.93. The molecule has 3 aliphatic rings. The van der Waals surface area contributed by atoms with Crippen LogP contribution < -0.4 is 5.32 Å². The van der Waals surface area contributed by atoms with Crippen LogP contribution in [0.1, 0.15) is 43.7 Å². The predicted molar refractivity (Wildman–Crippen MR) is 76.1 cm³/mol. The van der Waals surface area contributed by atoms with Gasteiger partial charge in [0.25, 0.3) is 0 Å². The Labute approximate surface area is 118 Å². The highest BCUT2D eigenvalue weighted by Crippen LogP contribution is 2.39. The SMILES string of the molecule is O=C(C1CC2CCC1N2)N1CCCC1c1ccsc1. The molecule has 1 aromatic rings. The van der Waals surface area contributed by atoms with Crippen molar-refractivity contribution >= 4 is 17.2 Å². The molecule has 19 heavy (non-hydrogen) atoms. The fourth-order valence-corrected chi connectivity index (χ4v) is 4.86. The predicted octanol–water partition coefficient (Wildman–Crippen LogP) is 2.55. The van der Waals surface area contributed by atoms with Crippen molar-refractivity contribution in [2.75, 3.05) is 6.54 Å². The number of rotatable bonds is 2. The first-order valence-electron chi connectivity index (χ1n) is 7.41. The zero-order valence-electron chi connectivity index (χ0n) is 11.0. The van der Waals surface area contributed by atoms with E-state index < -0.39 is 0 Å². The van der Waals surface area contributed by atoms with Gasteiger partial charge in [0.15, 0.2) is 0 Å². The van der Waals surface area contributed by atoms with Crippen molar-refractivity contribution in [1.82, 2.24) is 10.2 Å². The van der Waals surface area contributed by atoms with E-state index in [0.29, 0.717) is 24.0 Å². The van der Waals surface area contributed by atoms with Gasteiger partial charge in [-0.1, -0.05) is 0 Å². The number of carbonyl (C=O) groups is 1. The number of fused-ring (bicyclic) bond motifs is 2. The molecular weight excluding hydrogens is 256 g/mol. The van der Waals surface area contributed by atoms with E-state index in [2.05, 4.69) is 27.0 Å². The molecule has 2 bridgehead atoms. The van der Waals surface area contributed by atoms with Crippen LogP contribution in [-0.4, -0.2) is 29.4 Å². The van der Waals surface area contributed by atoms with Gasteiger partial charge in [-0.05, 0) is 54.5 Å². The van der Waals surface area contributed by atoms with Crippen LogP contribution in [0.3, 0.4) is 0 Å². The van der Waals surface area contributed by atoms with Gasteiger partial charge in [-0.3, -0.25) is 4.79 Å². The number of nitrogens with one attached hydrogen (secondary N) is 1. The summed E-state index contributed by atoms with van der Waals surface area (Å²) in [6.07, 6.45) is 5.81. The topological polar surface area (TPSA) is 32.3 Å². The minimum absolute atomic E-state index is 0.248. The van der Waals surface area contributed by atoms with Crippen molar-refractivity contribution in [3.05, 3.63) is 22.4 Å². The molecule has 1 amide bonds. The molecule has 1 N–H and O–H groups in total. The summed E-state index contributed by atoms with van der Waals surface area (Å²) in [5.74, 6) is 0.659. The molecule has 3 nitrogen and oxygen atoms in total. The molecule has 3 fully saturated rings. The lowest BCUT2D eigenvalue weighted by molar-refractivity contribution is -0.137. The summed E-state index contributed by atoms with van der Waals surface area (Å²) in [4.78, 5) is 15.0. The number of hydrogen-bond acceptors (Lipinski definition) is 3. The molecule has 4 heteroatoms. The van der Waals surface area contributed by atoms with Gasteiger partial charge in [0.1, 0.15) is 0 Å². The van der Waals surface area contributed by atoms with Crippen LogP contribution in [0, 0.1) is 5.92 Å². The van der Waals surface area contributed by atoms with Gasteiger partial charge in [-0.15, -0.1) is 0 Å². The normalized spacial score (nSPS) is 37.2.